The summed E-state index contributed by atoms with van der Waals surface area (Å²) >= 11 is 0. The van der Waals surface area contributed by atoms with Crippen LogP contribution < -0.4 is 5.32 Å². The van der Waals surface area contributed by atoms with Crippen LogP contribution in [0.1, 0.15) is 52.9 Å². The van der Waals surface area contributed by atoms with Crippen LogP contribution in [0.4, 0.5) is 0 Å². The Kier molecular flexibility index (Phi) is 6.50. The predicted molar refractivity (Wildman–Crippen MR) is 76.4 cm³/mol. The molecule has 0 aliphatic heterocycles. The monoisotopic (exact) mass is 240 g/mol. The Hall–Kier alpha value is -0.0800. The molecule has 0 aromatic carbocycles. The quantitative estimate of drug-likeness (QED) is 0.767. The molecule has 0 spiro atoms. The third kappa shape index (κ3) is 4.97. The van der Waals surface area contributed by atoms with Crippen LogP contribution in [0.15, 0.2) is 0 Å². The molecule has 1 rings (SSSR count). The highest BCUT2D eigenvalue weighted by Crippen LogP contribution is 2.26. The van der Waals surface area contributed by atoms with Gasteiger partial charge in [-0.25, -0.2) is 0 Å². The van der Waals surface area contributed by atoms with Gasteiger partial charge in [-0.05, 0) is 38.8 Å². The van der Waals surface area contributed by atoms with Gasteiger partial charge in [0, 0.05) is 18.6 Å². The van der Waals surface area contributed by atoms with E-state index in [0.29, 0.717) is 6.04 Å². The SMILES string of the molecule is CCC1CCCC(NCC(C(C)C)N(C)C)C1. The first kappa shape index (κ1) is 15.0. The third-order valence-electron chi connectivity index (χ3n) is 4.41. The molecule has 1 saturated carbocycles. The van der Waals surface area contributed by atoms with E-state index in [2.05, 4.69) is 45.1 Å². The van der Waals surface area contributed by atoms with Crippen molar-refractivity contribution in [2.75, 3.05) is 20.6 Å². The highest BCUT2D eigenvalue weighted by Gasteiger charge is 2.22. The van der Waals surface area contributed by atoms with E-state index >= 15 is 0 Å². The van der Waals surface area contributed by atoms with Gasteiger partial charge in [-0.2, -0.15) is 0 Å². The van der Waals surface area contributed by atoms with Crippen molar-refractivity contribution in [1.82, 2.24) is 10.2 Å². The molecule has 0 aromatic rings. The molecule has 1 aliphatic rings. The summed E-state index contributed by atoms with van der Waals surface area (Å²) in [5.41, 5.74) is 0. The van der Waals surface area contributed by atoms with E-state index < -0.39 is 0 Å². The van der Waals surface area contributed by atoms with Crippen LogP contribution in [0.2, 0.25) is 0 Å². The van der Waals surface area contributed by atoms with Crippen molar-refractivity contribution in [2.45, 2.75) is 65.0 Å². The molecule has 3 unspecified atom stereocenters. The lowest BCUT2D eigenvalue weighted by atomic mass is 9.84. The lowest BCUT2D eigenvalue weighted by molar-refractivity contribution is 0.202. The topological polar surface area (TPSA) is 15.3 Å². The molecule has 0 heterocycles. The number of hydrogen-bond acceptors (Lipinski definition) is 2. The Balaban J connectivity index is 2.33. The Bertz CT molecular complexity index is 193. The zero-order valence-corrected chi connectivity index (χ0v) is 12.5. The Morgan fingerprint density at radius 2 is 1.94 bits per heavy atom. The van der Waals surface area contributed by atoms with Gasteiger partial charge < -0.3 is 10.2 Å². The second-order valence-electron chi connectivity index (χ2n) is 6.32. The lowest BCUT2D eigenvalue weighted by Gasteiger charge is -2.33. The van der Waals surface area contributed by atoms with Crippen molar-refractivity contribution in [3.8, 4) is 0 Å². The van der Waals surface area contributed by atoms with Crippen molar-refractivity contribution in [3.05, 3.63) is 0 Å². The maximum Gasteiger partial charge on any atom is 0.0237 e. The molecule has 17 heavy (non-hydrogen) atoms. The van der Waals surface area contributed by atoms with Crippen LogP contribution in [-0.2, 0) is 0 Å². The predicted octanol–water partition coefficient (Wildman–Crippen LogP) is 3.13. The molecule has 0 amide bonds. The smallest absolute Gasteiger partial charge is 0.0237 e. The normalized spacial score (nSPS) is 27.7. The van der Waals surface area contributed by atoms with Gasteiger partial charge in [0.05, 0.1) is 0 Å². The van der Waals surface area contributed by atoms with Gasteiger partial charge >= 0.3 is 0 Å². The molecule has 2 heteroatoms. The van der Waals surface area contributed by atoms with E-state index in [9.17, 15) is 0 Å². The van der Waals surface area contributed by atoms with Crippen LogP contribution in [0.3, 0.4) is 0 Å². The first-order valence-electron chi connectivity index (χ1n) is 7.44. The van der Waals surface area contributed by atoms with E-state index in [1.54, 1.807) is 0 Å². The zero-order chi connectivity index (χ0) is 12.8. The summed E-state index contributed by atoms with van der Waals surface area (Å²) in [5, 5.41) is 3.81. The van der Waals surface area contributed by atoms with Gasteiger partial charge in [0.25, 0.3) is 0 Å². The van der Waals surface area contributed by atoms with E-state index in [1.807, 2.05) is 0 Å². The fourth-order valence-corrected chi connectivity index (χ4v) is 3.15. The number of likely N-dealkylation sites (N-methyl/N-ethyl adjacent to an activating group) is 1. The second kappa shape index (κ2) is 7.38. The van der Waals surface area contributed by atoms with Crippen molar-refractivity contribution >= 4 is 0 Å². The maximum absolute atomic E-state index is 3.81. The summed E-state index contributed by atoms with van der Waals surface area (Å²) < 4.78 is 0. The molecule has 0 saturated heterocycles. The molecule has 1 N–H and O–H groups in total. The Morgan fingerprint density at radius 3 is 2.47 bits per heavy atom. The highest BCUT2D eigenvalue weighted by atomic mass is 15.1. The summed E-state index contributed by atoms with van der Waals surface area (Å²) in [5.74, 6) is 1.70. The minimum absolute atomic E-state index is 0.664. The molecule has 3 atom stereocenters. The minimum atomic E-state index is 0.664. The van der Waals surface area contributed by atoms with Crippen LogP contribution >= 0.6 is 0 Å². The summed E-state index contributed by atoms with van der Waals surface area (Å²) in [7, 11) is 4.39. The number of nitrogens with one attached hydrogen (secondary N) is 1. The van der Waals surface area contributed by atoms with Crippen molar-refractivity contribution in [3.63, 3.8) is 0 Å². The first-order valence-corrected chi connectivity index (χ1v) is 7.44. The lowest BCUT2D eigenvalue weighted by Crippen LogP contribution is -2.45. The Labute approximate surface area is 108 Å². The second-order valence-corrected chi connectivity index (χ2v) is 6.32. The van der Waals surface area contributed by atoms with E-state index in [4.69, 9.17) is 0 Å². The van der Waals surface area contributed by atoms with Gasteiger partial charge in [0.2, 0.25) is 0 Å². The number of rotatable bonds is 6. The molecule has 0 radical (unpaired) electrons. The van der Waals surface area contributed by atoms with Crippen LogP contribution in [0.5, 0.6) is 0 Å². The summed E-state index contributed by atoms with van der Waals surface area (Å²) in [6.07, 6.45) is 7.02. The standard InChI is InChI=1S/C15H32N2/c1-6-13-8-7-9-14(10-13)16-11-15(12(2)3)17(4)5/h12-16H,6-11H2,1-5H3. The molecule has 102 valence electrons. The molecule has 2 nitrogen and oxygen atoms in total. The average Bonchev–Trinajstić information content (AvgIpc) is 2.28. The molecule has 0 aromatic heterocycles. The highest BCUT2D eigenvalue weighted by molar-refractivity contribution is 4.80. The zero-order valence-electron chi connectivity index (χ0n) is 12.5. The summed E-state index contributed by atoms with van der Waals surface area (Å²) in [6, 6.07) is 1.44. The first-order chi connectivity index (χ1) is 8.04. The number of nitrogens with zero attached hydrogens (tertiary/aromatic N) is 1. The summed E-state index contributed by atoms with van der Waals surface area (Å²) in [6.45, 7) is 8.12. The van der Waals surface area contributed by atoms with Gasteiger partial charge in [0.15, 0.2) is 0 Å². The van der Waals surface area contributed by atoms with E-state index in [0.717, 1.165) is 24.4 Å². The van der Waals surface area contributed by atoms with Crippen LogP contribution in [-0.4, -0.2) is 37.6 Å². The van der Waals surface area contributed by atoms with Gasteiger partial charge in [-0.15, -0.1) is 0 Å². The van der Waals surface area contributed by atoms with Gasteiger partial charge in [0.1, 0.15) is 0 Å². The van der Waals surface area contributed by atoms with E-state index in [-0.39, 0.29) is 0 Å². The average molecular weight is 240 g/mol. The maximum atomic E-state index is 3.81. The van der Waals surface area contributed by atoms with Gasteiger partial charge in [-0.1, -0.05) is 40.0 Å². The van der Waals surface area contributed by atoms with Gasteiger partial charge in [-0.3, -0.25) is 0 Å². The fraction of sp³-hybridized carbons (Fsp3) is 1.00. The van der Waals surface area contributed by atoms with Crippen LogP contribution in [0, 0.1) is 11.8 Å². The van der Waals surface area contributed by atoms with Crippen molar-refractivity contribution in [2.24, 2.45) is 11.8 Å². The van der Waals surface area contributed by atoms with Crippen molar-refractivity contribution < 1.29 is 0 Å². The molecular formula is C15H32N2. The van der Waals surface area contributed by atoms with Crippen molar-refractivity contribution in [1.29, 1.82) is 0 Å². The van der Waals surface area contributed by atoms with E-state index in [1.165, 1.54) is 32.1 Å². The van der Waals surface area contributed by atoms with Crippen LogP contribution in [0.25, 0.3) is 0 Å². The minimum Gasteiger partial charge on any atom is -0.312 e. The molecule has 0 bridgehead atoms. The third-order valence-corrected chi connectivity index (χ3v) is 4.41. The molecule has 1 aliphatic carbocycles. The number of hydrogen-bond donors (Lipinski definition) is 1. The fourth-order valence-electron chi connectivity index (χ4n) is 3.15. The molecular weight excluding hydrogens is 208 g/mol. The largest absolute Gasteiger partial charge is 0.312 e. The Morgan fingerprint density at radius 1 is 1.24 bits per heavy atom. The molecule has 1 fully saturated rings. The summed E-state index contributed by atoms with van der Waals surface area (Å²) in [4.78, 5) is 2.36.